The molecule has 1 aromatic rings. The molecule has 0 atom stereocenters. The van der Waals surface area contributed by atoms with Crippen LogP contribution in [-0.2, 0) is 5.75 Å². The minimum atomic E-state index is 0.271. The molecule has 0 heterocycles. The summed E-state index contributed by atoms with van der Waals surface area (Å²) in [5.74, 6) is 1.94. The Kier molecular flexibility index (Phi) is 5.37. The Labute approximate surface area is 97.0 Å². The van der Waals surface area contributed by atoms with Crippen molar-refractivity contribution in [3.05, 3.63) is 28.2 Å². The number of aliphatic hydroxyl groups is 1. The predicted octanol–water partition coefficient (Wildman–Crippen LogP) is 2.65. The van der Waals surface area contributed by atoms with Gasteiger partial charge in [-0.25, -0.2) is 0 Å². The first-order valence-electron chi connectivity index (χ1n) is 4.46. The molecule has 0 saturated heterocycles. The Bertz CT molecular complexity index is 273. The molecule has 0 aromatic heterocycles. The minimum absolute atomic E-state index is 0.271. The van der Waals surface area contributed by atoms with Gasteiger partial charge in [-0.15, -0.1) is 0 Å². The number of anilines is 1. The van der Waals surface area contributed by atoms with E-state index in [1.807, 2.05) is 23.9 Å². The molecule has 0 amide bonds. The summed E-state index contributed by atoms with van der Waals surface area (Å²) < 4.78 is 1.02. The van der Waals surface area contributed by atoms with Crippen LogP contribution < -0.4 is 5.73 Å². The Morgan fingerprint density at radius 3 is 2.79 bits per heavy atom. The van der Waals surface area contributed by atoms with Gasteiger partial charge < -0.3 is 10.8 Å². The van der Waals surface area contributed by atoms with E-state index in [0.717, 1.165) is 28.1 Å². The van der Waals surface area contributed by atoms with Gasteiger partial charge >= 0.3 is 0 Å². The Morgan fingerprint density at radius 2 is 2.14 bits per heavy atom. The monoisotopic (exact) mass is 275 g/mol. The second kappa shape index (κ2) is 6.32. The second-order valence-corrected chi connectivity index (χ2v) is 5.04. The van der Waals surface area contributed by atoms with E-state index in [4.69, 9.17) is 10.8 Å². The van der Waals surface area contributed by atoms with Gasteiger partial charge in [0.05, 0.1) is 0 Å². The van der Waals surface area contributed by atoms with Crippen molar-refractivity contribution in [2.24, 2.45) is 0 Å². The van der Waals surface area contributed by atoms with Crippen LogP contribution in [-0.4, -0.2) is 17.5 Å². The average molecular weight is 276 g/mol. The Morgan fingerprint density at radius 1 is 1.36 bits per heavy atom. The summed E-state index contributed by atoms with van der Waals surface area (Å²) in [6.45, 7) is 0.271. The largest absolute Gasteiger partial charge is 0.399 e. The van der Waals surface area contributed by atoms with E-state index in [0.29, 0.717) is 0 Å². The first kappa shape index (κ1) is 11.9. The summed E-state index contributed by atoms with van der Waals surface area (Å²) in [5.41, 5.74) is 7.72. The summed E-state index contributed by atoms with van der Waals surface area (Å²) in [5, 5.41) is 8.61. The highest BCUT2D eigenvalue weighted by Crippen LogP contribution is 2.21. The highest BCUT2D eigenvalue weighted by atomic mass is 79.9. The van der Waals surface area contributed by atoms with Crippen LogP contribution in [0.15, 0.2) is 22.7 Å². The number of benzene rings is 1. The first-order valence-corrected chi connectivity index (χ1v) is 6.40. The molecule has 0 spiro atoms. The molecule has 3 N–H and O–H groups in total. The van der Waals surface area contributed by atoms with Crippen molar-refractivity contribution in [1.29, 1.82) is 0 Å². The lowest BCUT2D eigenvalue weighted by Crippen LogP contribution is -1.90. The number of aliphatic hydroxyl groups excluding tert-OH is 1. The van der Waals surface area contributed by atoms with Crippen molar-refractivity contribution in [2.45, 2.75) is 12.2 Å². The number of hydrogen-bond donors (Lipinski definition) is 2. The molecule has 14 heavy (non-hydrogen) atoms. The van der Waals surface area contributed by atoms with Crippen molar-refractivity contribution < 1.29 is 5.11 Å². The summed E-state index contributed by atoms with van der Waals surface area (Å²) in [6, 6.07) is 5.95. The molecule has 0 fully saturated rings. The zero-order chi connectivity index (χ0) is 10.4. The lowest BCUT2D eigenvalue weighted by Gasteiger charge is -2.03. The summed E-state index contributed by atoms with van der Waals surface area (Å²) in [4.78, 5) is 0. The average Bonchev–Trinajstić information content (AvgIpc) is 2.11. The summed E-state index contributed by atoms with van der Waals surface area (Å²) >= 11 is 5.22. The molecule has 1 aromatic carbocycles. The number of hydrogen-bond acceptors (Lipinski definition) is 3. The molecule has 0 unspecified atom stereocenters. The Hall–Kier alpha value is -0.190. The van der Waals surface area contributed by atoms with E-state index in [1.165, 1.54) is 5.56 Å². The van der Waals surface area contributed by atoms with E-state index in [2.05, 4.69) is 22.0 Å². The fraction of sp³-hybridized carbons (Fsp3) is 0.400. The third-order valence-corrected chi connectivity index (χ3v) is 3.27. The predicted molar refractivity (Wildman–Crippen MR) is 66.4 cm³/mol. The van der Waals surface area contributed by atoms with Gasteiger partial charge in [-0.2, -0.15) is 11.8 Å². The van der Waals surface area contributed by atoms with E-state index < -0.39 is 0 Å². The highest BCUT2D eigenvalue weighted by molar-refractivity contribution is 9.10. The lowest BCUT2D eigenvalue weighted by molar-refractivity contribution is 0.296. The zero-order valence-electron chi connectivity index (χ0n) is 7.87. The maximum Gasteiger partial charge on any atom is 0.0438 e. The molecule has 0 bridgehead atoms. The molecule has 4 heteroatoms. The van der Waals surface area contributed by atoms with Crippen molar-refractivity contribution in [3.8, 4) is 0 Å². The maximum atomic E-state index is 8.61. The van der Waals surface area contributed by atoms with Crippen LogP contribution in [0, 0.1) is 0 Å². The van der Waals surface area contributed by atoms with Crippen molar-refractivity contribution >= 4 is 33.4 Å². The third-order valence-electron chi connectivity index (χ3n) is 1.70. The molecule has 2 nitrogen and oxygen atoms in total. The van der Waals surface area contributed by atoms with Crippen molar-refractivity contribution in [1.82, 2.24) is 0 Å². The van der Waals surface area contributed by atoms with Gasteiger partial charge in [0.1, 0.15) is 0 Å². The van der Waals surface area contributed by atoms with E-state index in [9.17, 15) is 0 Å². The summed E-state index contributed by atoms with van der Waals surface area (Å²) in [6.07, 6.45) is 0.855. The van der Waals surface area contributed by atoms with Crippen LogP contribution in [0.2, 0.25) is 0 Å². The molecular formula is C10H14BrNOS. The van der Waals surface area contributed by atoms with Crippen LogP contribution in [0.5, 0.6) is 0 Å². The Balaban J connectivity index is 2.42. The maximum absolute atomic E-state index is 8.61. The quantitative estimate of drug-likeness (QED) is 0.642. The van der Waals surface area contributed by atoms with Crippen molar-refractivity contribution in [2.75, 3.05) is 18.1 Å². The molecular weight excluding hydrogens is 262 g/mol. The van der Waals surface area contributed by atoms with Gasteiger partial charge in [0, 0.05) is 22.5 Å². The van der Waals surface area contributed by atoms with Crippen LogP contribution in [0.4, 0.5) is 5.69 Å². The fourth-order valence-corrected chi connectivity index (χ4v) is 2.55. The fourth-order valence-electron chi connectivity index (χ4n) is 1.12. The normalized spacial score (nSPS) is 10.4. The molecule has 1 rings (SSSR count). The third kappa shape index (κ3) is 4.35. The molecule has 0 saturated carbocycles. The zero-order valence-corrected chi connectivity index (χ0v) is 10.3. The number of nitrogens with two attached hydrogens (primary N) is 1. The standard InChI is InChI=1S/C10H14BrNOS/c11-9-4-8(5-10(12)6-9)7-14-3-1-2-13/h4-6,13H,1-3,7,12H2. The number of thioether (sulfide) groups is 1. The van der Waals surface area contributed by atoms with Gasteiger partial charge in [-0.1, -0.05) is 15.9 Å². The van der Waals surface area contributed by atoms with Crippen LogP contribution in [0.1, 0.15) is 12.0 Å². The van der Waals surface area contributed by atoms with Gasteiger partial charge in [0.2, 0.25) is 0 Å². The van der Waals surface area contributed by atoms with E-state index >= 15 is 0 Å². The molecule has 0 aliphatic carbocycles. The van der Waals surface area contributed by atoms with Gasteiger partial charge in [-0.3, -0.25) is 0 Å². The second-order valence-electron chi connectivity index (χ2n) is 3.02. The number of rotatable bonds is 5. The number of nitrogen functional groups attached to an aromatic ring is 1. The van der Waals surface area contributed by atoms with Gasteiger partial charge in [0.15, 0.2) is 0 Å². The minimum Gasteiger partial charge on any atom is -0.399 e. The van der Waals surface area contributed by atoms with Crippen LogP contribution in [0.25, 0.3) is 0 Å². The summed E-state index contributed by atoms with van der Waals surface area (Å²) in [7, 11) is 0. The van der Waals surface area contributed by atoms with Crippen LogP contribution in [0.3, 0.4) is 0 Å². The first-order chi connectivity index (χ1) is 6.72. The molecule has 0 aliphatic heterocycles. The van der Waals surface area contributed by atoms with E-state index in [1.54, 1.807) is 0 Å². The van der Waals surface area contributed by atoms with Gasteiger partial charge in [-0.05, 0) is 35.9 Å². The SMILES string of the molecule is Nc1cc(Br)cc(CSCCCO)c1. The smallest absolute Gasteiger partial charge is 0.0438 e. The number of halogens is 1. The lowest BCUT2D eigenvalue weighted by atomic mass is 10.2. The van der Waals surface area contributed by atoms with Gasteiger partial charge in [0.25, 0.3) is 0 Å². The highest BCUT2D eigenvalue weighted by Gasteiger charge is 1.97. The molecule has 78 valence electrons. The van der Waals surface area contributed by atoms with E-state index in [-0.39, 0.29) is 6.61 Å². The molecule has 0 radical (unpaired) electrons. The van der Waals surface area contributed by atoms with Crippen molar-refractivity contribution in [3.63, 3.8) is 0 Å². The van der Waals surface area contributed by atoms with Crippen LogP contribution >= 0.6 is 27.7 Å². The topological polar surface area (TPSA) is 46.2 Å². The molecule has 0 aliphatic rings.